The maximum absolute atomic E-state index is 13.5. The monoisotopic (exact) mass is 533 g/mol. The average Bonchev–Trinajstić information content (AvgIpc) is 3.57. The summed E-state index contributed by atoms with van der Waals surface area (Å²) in [5.41, 5.74) is 4.80. The van der Waals surface area contributed by atoms with Crippen molar-refractivity contribution < 1.29 is 19.1 Å². The topological polar surface area (TPSA) is 75.4 Å². The molecule has 1 aromatic heterocycles. The van der Waals surface area contributed by atoms with E-state index in [4.69, 9.17) is 0 Å². The molecule has 1 N–H and O–H groups in total. The van der Waals surface area contributed by atoms with Crippen LogP contribution in [0.3, 0.4) is 0 Å². The van der Waals surface area contributed by atoms with Crippen LogP contribution in [0.25, 0.3) is 11.8 Å². The number of imide groups is 1. The summed E-state index contributed by atoms with van der Waals surface area (Å²) in [5, 5.41) is 16.7. The third-order valence-electron chi connectivity index (χ3n) is 9.19. The summed E-state index contributed by atoms with van der Waals surface area (Å²) in [5.74, 6) is -0.924. The Morgan fingerprint density at radius 1 is 0.950 bits per heavy atom. The molecule has 0 radical (unpaired) electrons. The average molecular weight is 534 g/mol. The molecule has 1 fully saturated rings. The molecule has 2 atom stereocenters. The van der Waals surface area contributed by atoms with Gasteiger partial charge in [-0.2, -0.15) is 5.10 Å². The molecule has 40 heavy (non-hydrogen) atoms. The van der Waals surface area contributed by atoms with Gasteiger partial charge in [-0.1, -0.05) is 42.8 Å². The van der Waals surface area contributed by atoms with Gasteiger partial charge in [0.05, 0.1) is 40.0 Å². The summed E-state index contributed by atoms with van der Waals surface area (Å²) in [6.45, 7) is 2.13. The third-order valence-corrected chi connectivity index (χ3v) is 9.19. The lowest BCUT2D eigenvalue weighted by Gasteiger charge is -2.42. The molecule has 200 valence electrons. The zero-order valence-corrected chi connectivity index (χ0v) is 22.1. The number of aryl methyl sites for hydroxylation is 1. The number of anilines is 1. The molecule has 2 aliphatic carbocycles. The number of carbonyl (C=O) groups is 2. The van der Waals surface area contributed by atoms with Gasteiger partial charge in [0.15, 0.2) is 0 Å². The van der Waals surface area contributed by atoms with Crippen LogP contribution in [0.4, 0.5) is 10.1 Å². The summed E-state index contributed by atoms with van der Waals surface area (Å²) < 4.78 is 15.3. The number of amides is 2. The lowest BCUT2D eigenvalue weighted by atomic mass is 9.65. The Bertz CT molecular complexity index is 1690. The maximum Gasteiger partial charge on any atom is 0.266 e. The highest BCUT2D eigenvalue weighted by atomic mass is 19.1. The van der Waals surface area contributed by atoms with Crippen molar-refractivity contribution in [2.24, 2.45) is 5.41 Å². The second-order valence-electron chi connectivity index (χ2n) is 11.3. The smallest absolute Gasteiger partial charge is 0.266 e. The fraction of sp³-hybridized carbons (Fsp3) is 0.242. The SMILES string of the molecule is CC12Cc3cnn(-c4ccc(F)cc4)c3C=C1CC[C@@]2(O)CCc1ccccc1N1C(=O)c2ccccc2C1=O. The van der Waals surface area contributed by atoms with E-state index in [0.29, 0.717) is 42.5 Å². The number of hydrogen-bond donors (Lipinski definition) is 1. The van der Waals surface area contributed by atoms with Gasteiger partial charge in [-0.3, -0.25) is 9.59 Å². The molecule has 1 saturated carbocycles. The fourth-order valence-corrected chi connectivity index (χ4v) is 6.81. The highest BCUT2D eigenvalue weighted by Gasteiger charge is 2.55. The van der Waals surface area contributed by atoms with Crippen molar-refractivity contribution in [1.29, 1.82) is 0 Å². The number of carbonyl (C=O) groups excluding carboxylic acids is 2. The van der Waals surface area contributed by atoms with Gasteiger partial charge in [0.1, 0.15) is 5.82 Å². The second kappa shape index (κ2) is 8.83. The first-order valence-electron chi connectivity index (χ1n) is 13.6. The standard InChI is InChI=1S/C33H28FN3O3/c1-32-19-22-20-35-37(25-12-10-24(34)11-13-25)29(22)18-23(32)15-17-33(32,40)16-14-21-6-2-5-9-28(21)36-30(38)26-7-3-4-8-27(26)31(36)39/h2-13,18,20,40H,14-17,19H2,1H3/t32?,33-/m0/s1. The number of para-hydroxylation sites is 1. The predicted molar refractivity (Wildman–Crippen MR) is 150 cm³/mol. The minimum Gasteiger partial charge on any atom is -0.389 e. The number of benzene rings is 3. The quantitative estimate of drug-likeness (QED) is 0.324. The van der Waals surface area contributed by atoms with Gasteiger partial charge in [0.2, 0.25) is 0 Å². The molecule has 0 bridgehead atoms. The Morgan fingerprint density at radius 2 is 1.62 bits per heavy atom. The summed E-state index contributed by atoms with van der Waals surface area (Å²) in [6.07, 6.45) is 7.02. The third kappa shape index (κ3) is 3.54. The molecule has 7 rings (SSSR count). The van der Waals surface area contributed by atoms with Crippen LogP contribution < -0.4 is 4.90 Å². The summed E-state index contributed by atoms with van der Waals surface area (Å²) in [4.78, 5) is 27.6. The molecule has 6 nitrogen and oxygen atoms in total. The van der Waals surface area contributed by atoms with Crippen molar-refractivity contribution in [1.82, 2.24) is 9.78 Å². The number of aromatic nitrogens is 2. The van der Waals surface area contributed by atoms with Crippen molar-refractivity contribution in [3.8, 4) is 5.69 Å². The van der Waals surface area contributed by atoms with Gasteiger partial charge < -0.3 is 5.11 Å². The molecule has 2 amide bonds. The minimum atomic E-state index is -0.969. The lowest BCUT2D eigenvalue weighted by molar-refractivity contribution is -0.0461. The molecular weight excluding hydrogens is 505 g/mol. The largest absolute Gasteiger partial charge is 0.389 e. The van der Waals surface area contributed by atoms with Gasteiger partial charge in [0, 0.05) is 5.41 Å². The van der Waals surface area contributed by atoms with Crippen molar-refractivity contribution >= 4 is 23.6 Å². The molecule has 0 spiro atoms. The van der Waals surface area contributed by atoms with E-state index in [-0.39, 0.29) is 17.6 Å². The number of aliphatic hydroxyl groups is 1. The molecule has 3 aliphatic rings. The number of nitrogens with zero attached hydrogens (tertiary/aromatic N) is 3. The summed E-state index contributed by atoms with van der Waals surface area (Å²) in [7, 11) is 0. The van der Waals surface area contributed by atoms with E-state index in [1.54, 1.807) is 42.5 Å². The Hall–Kier alpha value is -4.36. The first-order valence-corrected chi connectivity index (χ1v) is 13.6. The Kier molecular flexibility index (Phi) is 5.44. The number of hydrogen-bond acceptors (Lipinski definition) is 4. The van der Waals surface area contributed by atoms with Gasteiger partial charge in [-0.15, -0.1) is 0 Å². The van der Waals surface area contributed by atoms with Crippen LogP contribution in [-0.4, -0.2) is 32.3 Å². The molecular formula is C33H28FN3O3. The van der Waals surface area contributed by atoms with Gasteiger partial charge in [-0.05, 0) is 91.8 Å². The molecule has 7 heteroatoms. The normalized spacial score (nSPS) is 23.2. The van der Waals surface area contributed by atoms with E-state index >= 15 is 0 Å². The summed E-state index contributed by atoms with van der Waals surface area (Å²) in [6, 6.07) is 20.6. The van der Waals surface area contributed by atoms with E-state index in [0.717, 1.165) is 28.9 Å². The maximum atomic E-state index is 13.5. The fourth-order valence-electron chi connectivity index (χ4n) is 6.81. The molecule has 1 unspecified atom stereocenters. The highest BCUT2D eigenvalue weighted by molar-refractivity contribution is 6.34. The van der Waals surface area contributed by atoms with Crippen LogP contribution in [-0.2, 0) is 12.8 Å². The van der Waals surface area contributed by atoms with Crippen molar-refractivity contribution in [3.05, 3.63) is 118 Å². The first-order chi connectivity index (χ1) is 19.3. The number of fused-ring (bicyclic) bond motifs is 3. The van der Waals surface area contributed by atoms with Gasteiger partial charge in [-0.25, -0.2) is 14.0 Å². The Balaban J connectivity index is 1.16. The van der Waals surface area contributed by atoms with Crippen LogP contribution >= 0.6 is 0 Å². The van der Waals surface area contributed by atoms with Crippen molar-refractivity contribution in [2.75, 3.05) is 4.90 Å². The van der Waals surface area contributed by atoms with Crippen LogP contribution in [0, 0.1) is 11.2 Å². The van der Waals surface area contributed by atoms with Crippen LogP contribution in [0.1, 0.15) is 63.7 Å². The van der Waals surface area contributed by atoms with E-state index in [1.165, 1.54) is 22.6 Å². The molecule has 4 aromatic rings. The van der Waals surface area contributed by atoms with Gasteiger partial charge in [0.25, 0.3) is 11.8 Å². The zero-order valence-electron chi connectivity index (χ0n) is 22.1. The number of halogens is 1. The van der Waals surface area contributed by atoms with Crippen LogP contribution in [0.15, 0.2) is 84.6 Å². The second-order valence-corrected chi connectivity index (χ2v) is 11.3. The van der Waals surface area contributed by atoms with E-state index < -0.39 is 11.0 Å². The van der Waals surface area contributed by atoms with E-state index in [2.05, 4.69) is 18.1 Å². The minimum absolute atomic E-state index is 0.291. The van der Waals surface area contributed by atoms with Gasteiger partial charge >= 0.3 is 0 Å². The van der Waals surface area contributed by atoms with E-state index in [9.17, 15) is 19.1 Å². The van der Waals surface area contributed by atoms with Crippen molar-refractivity contribution in [2.45, 2.75) is 44.6 Å². The van der Waals surface area contributed by atoms with Crippen LogP contribution in [0.2, 0.25) is 0 Å². The number of rotatable bonds is 5. The highest BCUT2D eigenvalue weighted by Crippen LogP contribution is 2.57. The Labute approximate surface area is 231 Å². The van der Waals surface area contributed by atoms with E-state index in [1.807, 2.05) is 29.1 Å². The summed E-state index contributed by atoms with van der Waals surface area (Å²) >= 11 is 0. The molecule has 0 saturated heterocycles. The van der Waals surface area contributed by atoms with Crippen molar-refractivity contribution in [3.63, 3.8) is 0 Å². The first kappa shape index (κ1) is 24.7. The molecule has 2 heterocycles. The molecule has 3 aromatic carbocycles. The lowest BCUT2D eigenvalue weighted by Crippen LogP contribution is -2.45. The zero-order chi connectivity index (χ0) is 27.6. The van der Waals surface area contributed by atoms with Crippen LogP contribution in [0.5, 0.6) is 0 Å². The molecule has 1 aliphatic heterocycles. The Morgan fingerprint density at radius 3 is 2.35 bits per heavy atom. The predicted octanol–water partition coefficient (Wildman–Crippen LogP) is 5.92.